The zero-order valence-electron chi connectivity index (χ0n) is 10.8. The molecule has 0 bridgehead atoms. The van der Waals surface area contributed by atoms with E-state index < -0.39 is 0 Å². The molecule has 1 aliphatic rings. The number of rotatable bonds is 4. The normalized spacial score (nSPS) is 19.9. The molecule has 5 heteroatoms. The molecule has 5 nitrogen and oxygen atoms in total. The molecule has 0 saturated carbocycles. The molecule has 1 aliphatic heterocycles. The Morgan fingerprint density at radius 1 is 1.32 bits per heavy atom. The van der Waals surface area contributed by atoms with Crippen LogP contribution >= 0.6 is 0 Å². The fourth-order valence-electron chi connectivity index (χ4n) is 2.57. The topological polar surface area (TPSA) is 68.2 Å². The average molecular weight is 258 g/mol. The largest absolute Gasteiger partial charge is 0.334 e. The number of likely N-dealkylation sites (tertiary alicyclic amines) is 1. The fourth-order valence-corrected chi connectivity index (χ4v) is 2.57. The van der Waals surface area contributed by atoms with Crippen molar-refractivity contribution < 1.29 is 4.52 Å². The van der Waals surface area contributed by atoms with Crippen LogP contribution in [0.2, 0.25) is 0 Å². The third kappa shape index (κ3) is 2.67. The first kappa shape index (κ1) is 12.3. The maximum atomic E-state index is 5.77. The summed E-state index contributed by atoms with van der Waals surface area (Å²) in [6, 6.07) is 10.3. The van der Waals surface area contributed by atoms with Crippen molar-refractivity contribution in [2.75, 3.05) is 13.1 Å². The molecule has 1 aromatic carbocycles. The van der Waals surface area contributed by atoms with Crippen molar-refractivity contribution in [1.82, 2.24) is 15.0 Å². The van der Waals surface area contributed by atoms with Gasteiger partial charge in [-0.15, -0.1) is 0 Å². The molecule has 1 fully saturated rings. The molecule has 2 N–H and O–H groups in total. The van der Waals surface area contributed by atoms with E-state index in [0.29, 0.717) is 18.5 Å². The highest BCUT2D eigenvalue weighted by Gasteiger charge is 2.24. The summed E-state index contributed by atoms with van der Waals surface area (Å²) in [5, 5.41) is 4.06. The molecule has 2 heterocycles. The second kappa shape index (κ2) is 5.50. The minimum absolute atomic E-state index is 0.457. The predicted molar refractivity (Wildman–Crippen MR) is 72.2 cm³/mol. The van der Waals surface area contributed by atoms with E-state index in [2.05, 4.69) is 15.0 Å². The Bertz CT molecular complexity index is 525. The van der Waals surface area contributed by atoms with Crippen molar-refractivity contribution in [1.29, 1.82) is 0 Å². The third-order valence-electron chi connectivity index (χ3n) is 3.60. The summed E-state index contributed by atoms with van der Waals surface area (Å²) in [7, 11) is 0. The number of nitrogens with zero attached hydrogens (tertiary/aromatic N) is 3. The van der Waals surface area contributed by atoms with Crippen LogP contribution in [-0.2, 0) is 6.54 Å². The number of hydrogen-bond acceptors (Lipinski definition) is 5. The molecular formula is C14H18N4O. The van der Waals surface area contributed by atoms with Gasteiger partial charge in [0.05, 0.1) is 6.54 Å². The van der Waals surface area contributed by atoms with Crippen LogP contribution in [-0.4, -0.2) is 34.2 Å². The maximum absolute atomic E-state index is 5.77. The molecular weight excluding hydrogens is 240 g/mol. The van der Waals surface area contributed by atoms with Gasteiger partial charge in [0.1, 0.15) is 0 Å². The van der Waals surface area contributed by atoms with E-state index in [1.807, 2.05) is 30.3 Å². The average Bonchev–Trinajstić information content (AvgIpc) is 3.09. The summed E-state index contributed by atoms with van der Waals surface area (Å²) in [6.07, 6.45) is 2.37. The number of hydrogen-bond donors (Lipinski definition) is 1. The molecule has 0 spiro atoms. The second-order valence-corrected chi connectivity index (χ2v) is 4.88. The molecule has 1 aromatic heterocycles. The summed E-state index contributed by atoms with van der Waals surface area (Å²) in [6.45, 7) is 2.48. The fraction of sp³-hybridized carbons (Fsp3) is 0.429. The van der Waals surface area contributed by atoms with E-state index in [4.69, 9.17) is 10.3 Å². The highest BCUT2D eigenvalue weighted by Crippen LogP contribution is 2.20. The van der Waals surface area contributed by atoms with Gasteiger partial charge in [0.2, 0.25) is 0 Å². The minimum atomic E-state index is 0.457. The lowest BCUT2D eigenvalue weighted by Gasteiger charge is -2.20. The molecule has 0 amide bonds. The first-order chi connectivity index (χ1) is 9.36. The molecule has 2 aromatic rings. The van der Waals surface area contributed by atoms with Crippen molar-refractivity contribution in [2.24, 2.45) is 5.73 Å². The van der Waals surface area contributed by atoms with Crippen LogP contribution in [0.25, 0.3) is 11.5 Å². The van der Waals surface area contributed by atoms with E-state index in [1.165, 1.54) is 12.8 Å². The number of nitrogens with two attached hydrogens (primary N) is 1. The molecule has 19 heavy (non-hydrogen) atoms. The summed E-state index contributed by atoms with van der Waals surface area (Å²) in [5.41, 5.74) is 6.72. The molecule has 100 valence electrons. The third-order valence-corrected chi connectivity index (χ3v) is 3.60. The molecule has 1 atom stereocenters. The maximum Gasteiger partial charge on any atom is 0.257 e. The van der Waals surface area contributed by atoms with Gasteiger partial charge in [-0.2, -0.15) is 4.98 Å². The summed E-state index contributed by atoms with van der Waals surface area (Å²) >= 11 is 0. The first-order valence-corrected chi connectivity index (χ1v) is 6.69. The van der Waals surface area contributed by atoms with Crippen molar-refractivity contribution in [3.63, 3.8) is 0 Å². The lowest BCUT2D eigenvalue weighted by molar-refractivity contribution is 0.240. The molecule has 0 radical (unpaired) electrons. The lowest BCUT2D eigenvalue weighted by Crippen LogP contribution is -2.35. The Labute approximate surface area is 112 Å². The van der Waals surface area contributed by atoms with Gasteiger partial charge in [-0.05, 0) is 31.5 Å². The zero-order chi connectivity index (χ0) is 13.1. The van der Waals surface area contributed by atoms with Gasteiger partial charge in [0, 0.05) is 18.2 Å². The van der Waals surface area contributed by atoms with Crippen molar-refractivity contribution >= 4 is 0 Å². The van der Waals surface area contributed by atoms with E-state index in [-0.39, 0.29) is 0 Å². The van der Waals surface area contributed by atoms with Crippen molar-refractivity contribution in [3.05, 3.63) is 36.2 Å². The van der Waals surface area contributed by atoms with Crippen LogP contribution in [0.1, 0.15) is 18.7 Å². The molecule has 3 rings (SSSR count). The van der Waals surface area contributed by atoms with Crippen LogP contribution in [0.5, 0.6) is 0 Å². The highest BCUT2D eigenvalue weighted by atomic mass is 16.5. The second-order valence-electron chi connectivity index (χ2n) is 4.88. The summed E-state index contributed by atoms with van der Waals surface area (Å²) in [4.78, 5) is 6.79. The molecule has 0 aliphatic carbocycles. The van der Waals surface area contributed by atoms with Gasteiger partial charge in [0.15, 0.2) is 5.82 Å². The van der Waals surface area contributed by atoms with Crippen LogP contribution in [0.3, 0.4) is 0 Å². The SMILES string of the molecule is NCC1CCCN1Cc1noc(-c2ccccc2)n1. The first-order valence-electron chi connectivity index (χ1n) is 6.69. The molecule has 1 unspecified atom stereocenters. The van der Waals surface area contributed by atoms with Crippen LogP contribution in [0, 0.1) is 0 Å². The highest BCUT2D eigenvalue weighted by molar-refractivity contribution is 5.51. The Morgan fingerprint density at radius 3 is 2.95 bits per heavy atom. The lowest BCUT2D eigenvalue weighted by atomic mass is 10.2. The Kier molecular flexibility index (Phi) is 3.57. The van der Waals surface area contributed by atoms with Gasteiger partial charge in [-0.3, -0.25) is 4.90 Å². The zero-order valence-corrected chi connectivity index (χ0v) is 10.8. The number of aromatic nitrogens is 2. The Balaban J connectivity index is 1.72. The van der Waals surface area contributed by atoms with Crippen LogP contribution in [0.4, 0.5) is 0 Å². The van der Waals surface area contributed by atoms with E-state index in [0.717, 1.165) is 24.5 Å². The Morgan fingerprint density at radius 2 is 2.16 bits per heavy atom. The van der Waals surface area contributed by atoms with Gasteiger partial charge in [-0.25, -0.2) is 0 Å². The minimum Gasteiger partial charge on any atom is -0.334 e. The number of benzene rings is 1. The predicted octanol–water partition coefficient (Wildman–Crippen LogP) is 1.66. The van der Waals surface area contributed by atoms with E-state index in [1.54, 1.807) is 0 Å². The van der Waals surface area contributed by atoms with Gasteiger partial charge in [-0.1, -0.05) is 23.4 Å². The summed E-state index contributed by atoms with van der Waals surface area (Å²) in [5.74, 6) is 1.32. The summed E-state index contributed by atoms with van der Waals surface area (Å²) < 4.78 is 5.31. The van der Waals surface area contributed by atoms with Gasteiger partial charge < -0.3 is 10.3 Å². The van der Waals surface area contributed by atoms with Gasteiger partial charge >= 0.3 is 0 Å². The smallest absolute Gasteiger partial charge is 0.257 e. The van der Waals surface area contributed by atoms with Gasteiger partial charge in [0.25, 0.3) is 5.89 Å². The van der Waals surface area contributed by atoms with Crippen molar-refractivity contribution in [2.45, 2.75) is 25.4 Å². The quantitative estimate of drug-likeness (QED) is 0.903. The van der Waals surface area contributed by atoms with Crippen LogP contribution < -0.4 is 5.73 Å². The Hall–Kier alpha value is -1.72. The molecule has 1 saturated heterocycles. The monoisotopic (exact) mass is 258 g/mol. The standard InChI is InChI=1S/C14H18N4O/c15-9-12-7-4-8-18(12)10-13-16-14(19-17-13)11-5-2-1-3-6-11/h1-3,5-6,12H,4,7-10,15H2. The van der Waals surface area contributed by atoms with Crippen molar-refractivity contribution in [3.8, 4) is 11.5 Å². The van der Waals surface area contributed by atoms with E-state index in [9.17, 15) is 0 Å². The van der Waals surface area contributed by atoms with Crippen LogP contribution in [0.15, 0.2) is 34.9 Å². The van der Waals surface area contributed by atoms with E-state index >= 15 is 0 Å².